The topological polar surface area (TPSA) is 81.7 Å². The summed E-state index contributed by atoms with van der Waals surface area (Å²) in [6.07, 6.45) is 15.1. The van der Waals surface area contributed by atoms with E-state index in [1.165, 1.54) is 16.7 Å². The number of carboxylic acids is 2. The number of benzene rings is 2. The third-order valence-electron chi connectivity index (χ3n) is 7.91. The van der Waals surface area contributed by atoms with E-state index in [-0.39, 0.29) is 0 Å². The zero-order chi connectivity index (χ0) is 29.8. The molecule has 1 aliphatic heterocycles. The summed E-state index contributed by atoms with van der Waals surface area (Å²) in [6.45, 7) is 8.37. The van der Waals surface area contributed by atoms with Gasteiger partial charge in [-0.15, -0.1) is 0 Å². The molecule has 2 aromatic carbocycles. The van der Waals surface area contributed by atoms with Crippen LogP contribution in [0.15, 0.2) is 81.3 Å². The molecular formula is C34H37N2O4S2+. The third kappa shape index (κ3) is 6.25. The molecule has 5 rings (SSSR count). The van der Waals surface area contributed by atoms with Crippen LogP contribution in [-0.4, -0.2) is 28.7 Å². The van der Waals surface area contributed by atoms with Crippen LogP contribution in [0.25, 0.3) is 16.3 Å². The largest absolute Gasteiger partial charge is 0.478 e. The van der Waals surface area contributed by atoms with Gasteiger partial charge in [-0.1, -0.05) is 61.9 Å². The van der Waals surface area contributed by atoms with Gasteiger partial charge in [0.15, 0.2) is 6.54 Å². The summed E-state index contributed by atoms with van der Waals surface area (Å²) in [5.74, 6) is -1.80. The minimum atomic E-state index is -0.901. The number of unbranched alkanes of at least 4 members (excludes halogenated alkanes) is 2. The highest BCUT2D eigenvalue weighted by Gasteiger charge is 2.26. The van der Waals surface area contributed by atoms with Crippen LogP contribution in [0.1, 0.15) is 85.0 Å². The van der Waals surface area contributed by atoms with Gasteiger partial charge in [0.25, 0.3) is 5.01 Å². The average Bonchev–Trinajstić information content (AvgIpc) is 3.63. The third-order valence-corrected chi connectivity index (χ3v) is 10.1. The Kier molecular flexibility index (Phi) is 9.34. The van der Waals surface area contributed by atoms with Crippen LogP contribution in [0.3, 0.4) is 0 Å². The predicted octanol–water partition coefficient (Wildman–Crippen LogP) is 8.69. The van der Waals surface area contributed by atoms with Crippen molar-refractivity contribution in [3.05, 3.63) is 92.5 Å². The molecule has 2 heterocycles. The summed E-state index contributed by atoms with van der Waals surface area (Å²) in [4.78, 5) is 26.3. The fourth-order valence-corrected chi connectivity index (χ4v) is 7.69. The molecule has 0 bridgehead atoms. The first kappa shape index (κ1) is 29.9. The maximum absolute atomic E-state index is 11.5. The first-order chi connectivity index (χ1) is 20.3. The second-order valence-corrected chi connectivity index (χ2v) is 12.8. The van der Waals surface area contributed by atoms with Crippen molar-refractivity contribution in [1.82, 2.24) is 0 Å². The number of thioether (sulfide) groups is 1. The Morgan fingerprint density at radius 1 is 0.952 bits per heavy atom. The molecule has 1 aliphatic carbocycles. The molecular weight excluding hydrogens is 565 g/mol. The molecule has 0 saturated heterocycles. The molecule has 0 amide bonds. The second-order valence-electron chi connectivity index (χ2n) is 10.7. The summed E-state index contributed by atoms with van der Waals surface area (Å²) in [6, 6.07) is 10.8. The number of carbonyl (C=O) groups is 2. The van der Waals surface area contributed by atoms with Crippen molar-refractivity contribution in [2.45, 2.75) is 70.7 Å². The van der Waals surface area contributed by atoms with Crippen LogP contribution in [0.4, 0.5) is 5.69 Å². The van der Waals surface area contributed by atoms with E-state index in [1.54, 1.807) is 47.4 Å². The number of thiazole rings is 1. The van der Waals surface area contributed by atoms with Gasteiger partial charge < -0.3 is 15.1 Å². The fraction of sp³-hybridized carbons (Fsp3) is 0.324. The van der Waals surface area contributed by atoms with Crippen LogP contribution in [0.5, 0.6) is 0 Å². The number of fused-ring (bicyclic) bond motifs is 2. The summed E-state index contributed by atoms with van der Waals surface area (Å²) in [5, 5.41) is 21.2. The number of nitrogens with zero attached hydrogens (tertiary/aromatic N) is 2. The maximum atomic E-state index is 11.5. The number of anilines is 1. The number of aromatic carboxylic acids is 2. The van der Waals surface area contributed by atoms with Crippen LogP contribution in [0.2, 0.25) is 0 Å². The van der Waals surface area contributed by atoms with E-state index in [0.29, 0.717) is 11.1 Å². The molecule has 0 unspecified atom stereocenters. The van der Waals surface area contributed by atoms with E-state index in [9.17, 15) is 19.8 Å². The Hall–Kier alpha value is -3.62. The van der Waals surface area contributed by atoms with E-state index in [4.69, 9.17) is 0 Å². The van der Waals surface area contributed by atoms with Crippen molar-refractivity contribution < 1.29 is 24.4 Å². The summed E-state index contributed by atoms with van der Waals surface area (Å²) in [5.41, 5.74) is 6.74. The molecule has 0 radical (unpaired) electrons. The Bertz CT molecular complexity index is 1660. The zero-order valence-corrected chi connectivity index (χ0v) is 26.0. The van der Waals surface area contributed by atoms with Gasteiger partial charge >= 0.3 is 11.9 Å². The summed E-state index contributed by atoms with van der Waals surface area (Å²) >= 11 is 3.29. The number of carboxylic acid groups (broad SMARTS) is 2. The monoisotopic (exact) mass is 601 g/mol. The first-order valence-corrected chi connectivity index (χ1v) is 16.3. The number of rotatable bonds is 11. The van der Waals surface area contributed by atoms with Gasteiger partial charge in [0, 0.05) is 30.0 Å². The molecule has 6 nitrogen and oxygen atoms in total. The average molecular weight is 602 g/mol. The first-order valence-electron chi connectivity index (χ1n) is 14.6. The fourth-order valence-electron chi connectivity index (χ4n) is 5.43. The normalized spacial score (nSPS) is 17.0. The number of hydrogen-bond acceptors (Lipinski definition) is 5. The van der Waals surface area contributed by atoms with Crippen LogP contribution in [-0.2, 0) is 6.54 Å². The molecule has 0 saturated carbocycles. The predicted molar refractivity (Wildman–Crippen MR) is 173 cm³/mol. The molecule has 0 atom stereocenters. The standard InChI is InChI=1S/C34H36N2O4S2/c1-4-6-18-35-27-14-10-25(33(37)38)20-29(27)41-31(35)16-12-23-8-9-24(22(23)3)13-17-32-36(19-7-5-2)28-15-11-26(34(39)40)21-30(28)42-32/h10-17,20-21H,4-9,18-19H2,1-3H3,(H-,37,38,39,40)/p+1. The van der Waals surface area contributed by atoms with E-state index >= 15 is 0 Å². The van der Waals surface area contributed by atoms with Crippen LogP contribution in [0, 0.1) is 0 Å². The second kappa shape index (κ2) is 13.1. The minimum Gasteiger partial charge on any atom is -0.478 e. The van der Waals surface area contributed by atoms with Crippen molar-refractivity contribution in [2.24, 2.45) is 0 Å². The van der Waals surface area contributed by atoms with Crippen molar-refractivity contribution in [2.75, 3.05) is 11.4 Å². The molecule has 8 heteroatoms. The molecule has 218 valence electrons. The molecule has 42 heavy (non-hydrogen) atoms. The van der Waals surface area contributed by atoms with Crippen LogP contribution >= 0.6 is 23.1 Å². The van der Waals surface area contributed by atoms with E-state index in [1.807, 2.05) is 12.1 Å². The highest BCUT2D eigenvalue weighted by atomic mass is 32.2. The number of hydrogen-bond donors (Lipinski definition) is 2. The SMILES string of the molecule is CCCCN1C(=CC=C2CCC(C=Cc3sc4cc(C(=O)O)ccc4[n+]3CCCC)=C2C)Sc2cc(C(=O)O)ccc21. The molecule has 2 N–H and O–H groups in total. The molecule has 0 spiro atoms. The van der Waals surface area contributed by atoms with Gasteiger partial charge in [0.2, 0.25) is 5.52 Å². The molecule has 2 aliphatic rings. The molecule has 3 aromatic rings. The summed E-state index contributed by atoms with van der Waals surface area (Å²) in [7, 11) is 0. The molecule has 0 fully saturated rings. The Morgan fingerprint density at radius 3 is 2.43 bits per heavy atom. The zero-order valence-electron chi connectivity index (χ0n) is 24.4. The smallest absolute Gasteiger partial charge is 0.335 e. The highest BCUT2D eigenvalue weighted by molar-refractivity contribution is 8.03. The highest BCUT2D eigenvalue weighted by Crippen LogP contribution is 2.47. The lowest BCUT2D eigenvalue weighted by Gasteiger charge is -2.20. The van der Waals surface area contributed by atoms with E-state index in [0.717, 1.165) is 82.5 Å². The summed E-state index contributed by atoms with van der Waals surface area (Å²) < 4.78 is 3.31. The number of aromatic nitrogens is 1. The lowest BCUT2D eigenvalue weighted by atomic mass is 10.1. The van der Waals surface area contributed by atoms with Gasteiger partial charge in [0.1, 0.15) is 4.70 Å². The Balaban J connectivity index is 1.41. The number of allylic oxidation sites excluding steroid dienone is 6. The van der Waals surface area contributed by atoms with Crippen molar-refractivity contribution >= 4 is 57.0 Å². The Morgan fingerprint density at radius 2 is 1.69 bits per heavy atom. The molecule has 1 aromatic heterocycles. The van der Waals surface area contributed by atoms with Crippen molar-refractivity contribution in [3.8, 4) is 0 Å². The number of aryl methyl sites for hydroxylation is 1. The van der Waals surface area contributed by atoms with Gasteiger partial charge in [-0.25, -0.2) is 9.59 Å². The lowest BCUT2D eigenvalue weighted by molar-refractivity contribution is -0.669. The minimum absolute atomic E-state index is 0.319. The van der Waals surface area contributed by atoms with Gasteiger partial charge in [-0.3, -0.25) is 0 Å². The van der Waals surface area contributed by atoms with E-state index < -0.39 is 11.9 Å². The van der Waals surface area contributed by atoms with Crippen LogP contribution < -0.4 is 9.47 Å². The lowest BCUT2D eigenvalue weighted by Crippen LogP contribution is -2.34. The van der Waals surface area contributed by atoms with Crippen molar-refractivity contribution in [3.63, 3.8) is 0 Å². The maximum Gasteiger partial charge on any atom is 0.335 e. The van der Waals surface area contributed by atoms with E-state index in [2.05, 4.69) is 54.5 Å². The van der Waals surface area contributed by atoms with Gasteiger partial charge in [-0.2, -0.15) is 4.57 Å². The quantitative estimate of drug-likeness (QED) is 0.214. The van der Waals surface area contributed by atoms with Gasteiger partial charge in [0.05, 0.1) is 21.8 Å². The van der Waals surface area contributed by atoms with Crippen molar-refractivity contribution in [1.29, 1.82) is 0 Å². The van der Waals surface area contributed by atoms with Gasteiger partial charge in [-0.05, 0) is 79.3 Å². The Labute approximate surface area is 255 Å².